The molecule has 2 unspecified atom stereocenters. The first kappa shape index (κ1) is 27.9. The number of allylic oxidation sites excluding steroid dienone is 3. The molecule has 3 aromatic carbocycles. The van der Waals surface area contributed by atoms with Gasteiger partial charge in [0.15, 0.2) is 5.78 Å². The lowest BCUT2D eigenvalue weighted by atomic mass is 9.75. The molecule has 0 N–H and O–H groups in total. The Morgan fingerprint density at radius 2 is 1.41 bits per heavy atom. The molecule has 7 rings (SSSR count). The molecule has 2 heterocycles. The number of nitrogens with zero attached hydrogens (tertiary/aromatic N) is 2. The second kappa shape index (κ2) is 9.05. The van der Waals surface area contributed by atoms with E-state index < -0.39 is 23.1 Å². The predicted octanol–water partition coefficient (Wildman–Crippen LogP) is 5.92. The van der Waals surface area contributed by atoms with Gasteiger partial charge in [-0.3, -0.25) is 28.9 Å². The predicted molar refractivity (Wildman–Crippen MR) is 166 cm³/mol. The quantitative estimate of drug-likeness (QED) is 0.281. The zero-order valence-corrected chi connectivity index (χ0v) is 25.4. The molecular formula is C37H32N2O5. The largest absolute Gasteiger partial charge is 0.289 e. The normalized spacial score (nSPS) is 25.1. The monoisotopic (exact) mass is 584 g/mol. The van der Waals surface area contributed by atoms with Gasteiger partial charge in [-0.2, -0.15) is 0 Å². The molecule has 4 amide bonds. The molecule has 2 atom stereocenters. The fourth-order valence-corrected chi connectivity index (χ4v) is 7.68. The van der Waals surface area contributed by atoms with Crippen LogP contribution in [0.1, 0.15) is 88.3 Å². The lowest BCUT2D eigenvalue weighted by Crippen LogP contribution is -2.34. The number of rotatable bonds is 4. The van der Waals surface area contributed by atoms with Gasteiger partial charge in [0.1, 0.15) is 0 Å². The molecule has 7 heteroatoms. The molecule has 1 fully saturated rings. The molecule has 2 aliphatic carbocycles. The Bertz CT molecular complexity index is 1930. The number of fused-ring (bicyclic) bond motifs is 3. The Morgan fingerprint density at radius 1 is 0.750 bits per heavy atom. The van der Waals surface area contributed by atoms with Crippen LogP contribution >= 0.6 is 0 Å². The fraction of sp³-hybridized carbons (Fsp3) is 0.270. The molecule has 1 saturated heterocycles. The second-order valence-electron chi connectivity index (χ2n) is 13.4. The molecule has 0 saturated carbocycles. The summed E-state index contributed by atoms with van der Waals surface area (Å²) in [5, 5.41) is 0. The Hall–Kier alpha value is -4.91. The molecule has 4 aliphatic rings. The van der Waals surface area contributed by atoms with Crippen LogP contribution < -0.4 is 4.90 Å². The van der Waals surface area contributed by atoms with Crippen LogP contribution in [0.5, 0.6) is 0 Å². The van der Waals surface area contributed by atoms with Crippen LogP contribution in [-0.2, 0) is 20.4 Å². The molecule has 0 bridgehead atoms. The average Bonchev–Trinajstić information content (AvgIpc) is 3.46. The van der Waals surface area contributed by atoms with Crippen LogP contribution in [-0.4, -0.2) is 41.4 Å². The minimum Gasteiger partial charge on any atom is -0.289 e. The minimum absolute atomic E-state index is 0.0207. The third-order valence-electron chi connectivity index (χ3n) is 10.2. The zero-order chi connectivity index (χ0) is 31.3. The molecule has 3 aromatic rings. The van der Waals surface area contributed by atoms with Crippen molar-refractivity contribution in [2.45, 2.75) is 51.4 Å². The van der Waals surface area contributed by atoms with Gasteiger partial charge >= 0.3 is 0 Å². The zero-order valence-electron chi connectivity index (χ0n) is 25.4. The van der Waals surface area contributed by atoms with Gasteiger partial charge in [0, 0.05) is 29.2 Å². The van der Waals surface area contributed by atoms with Crippen molar-refractivity contribution in [1.29, 1.82) is 0 Å². The lowest BCUT2D eigenvalue weighted by molar-refractivity contribution is -0.124. The van der Waals surface area contributed by atoms with Crippen LogP contribution in [0.2, 0.25) is 0 Å². The van der Waals surface area contributed by atoms with Gasteiger partial charge in [-0.25, -0.2) is 4.90 Å². The highest BCUT2D eigenvalue weighted by atomic mass is 16.2. The summed E-state index contributed by atoms with van der Waals surface area (Å²) >= 11 is 0. The topological polar surface area (TPSA) is 91.8 Å². The number of anilines is 1. The Morgan fingerprint density at radius 3 is 2.11 bits per heavy atom. The van der Waals surface area contributed by atoms with E-state index in [9.17, 15) is 24.0 Å². The summed E-state index contributed by atoms with van der Waals surface area (Å²) in [5.74, 6) is -2.02. The first-order valence-corrected chi connectivity index (χ1v) is 14.8. The molecule has 44 heavy (non-hydrogen) atoms. The van der Waals surface area contributed by atoms with Gasteiger partial charge in [-0.05, 0) is 72.2 Å². The van der Waals surface area contributed by atoms with E-state index in [4.69, 9.17) is 0 Å². The standard InChI is InChI=1S/C37H32N2O5/c1-35(2)20-37(4,28-9-7-6-8-27(28)35)23-11-13-24(14-12-23)39-33(43)29-19-22(16-17-36(29,3)34(39)44)30(40)21-10-15-25-26(18-21)32(42)38(5)31(25)41/h6-16,18-19H,17,20H2,1-5H3. The lowest BCUT2D eigenvalue weighted by Gasteiger charge is -2.29. The van der Waals surface area contributed by atoms with E-state index in [-0.39, 0.29) is 56.8 Å². The maximum Gasteiger partial charge on any atom is 0.262 e. The number of ketones is 1. The first-order valence-electron chi connectivity index (χ1n) is 14.8. The summed E-state index contributed by atoms with van der Waals surface area (Å²) in [6.45, 7) is 8.51. The molecular weight excluding hydrogens is 552 g/mol. The highest BCUT2D eigenvalue weighted by Crippen LogP contribution is 2.53. The number of hydrogen-bond acceptors (Lipinski definition) is 5. The van der Waals surface area contributed by atoms with Crippen LogP contribution in [0.15, 0.2) is 90.0 Å². The van der Waals surface area contributed by atoms with Gasteiger partial charge in [0.25, 0.3) is 17.7 Å². The third-order valence-corrected chi connectivity index (χ3v) is 10.2. The number of amides is 4. The van der Waals surface area contributed by atoms with Gasteiger partial charge in [0.2, 0.25) is 5.91 Å². The van der Waals surface area contributed by atoms with Crippen LogP contribution in [0.3, 0.4) is 0 Å². The molecule has 0 aromatic heterocycles. The van der Waals surface area contributed by atoms with E-state index in [2.05, 4.69) is 45.0 Å². The van der Waals surface area contributed by atoms with Crippen molar-refractivity contribution in [3.63, 3.8) is 0 Å². The summed E-state index contributed by atoms with van der Waals surface area (Å²) in [5.41, 5.74) is 4.18. The van der Waals surface area contributed by atoms with Gasteiger partial charge in [-0.15, -0.1) is 0 Å². The van der Waals surface area contributed by atoms with E-state index >= 15 is 0 Å². The van der Waals surface area contributed by atoms with E-state index in [0.29, 0.717) is 5.69 Å². The summed E-state index contributed by atoms with van der Waals surface area (Å²) in [6, 6.07) is 20.7. The number of carbonyl (C=O) groups excluding carboxylic acids is 5. The maximum absolute atomic E-state index is 13.8. The van der Waals surface area contributed by atoms with Crippen molar-refractivity contribution in [3.05, 3.63) is 123 Å². The first-order chi connectivity index (χ1) is 20.8. The molecule has 0 spiro atoms. The van der Waals surface area contributed by atoms with Crippen molar-refractivity contribution in [2.24, 2.45) is 5.41 Å². The fourth-order valence-electron chi connectivity index (χ4n) is 7.68. The van der Waals surface area contributed by atoms with Crippen molar-refractivity contribution in [1.82, 2.24) is 4.90 Å². The Kier molecular flexibility index (Phi) is 5.74. The van der Waals surface area contributed by atoms with Gasteiger partial charge < -0.3 is 0 Å². The van der Waals surface area contributed by atoms with E-state index in [0.717, 1.165) is 16.9 Å². The molecule has 2 aliphatic heterocycles. The SMILES string of the molecule is CN1C(=O)c2ccc(C(=O)C3=CCC4(C)C(=O)N(c5ccc(C6(C)CC(C)(C)c7ccccc76)cc5)C(=O)C4=C3)cc2C1=O. The Balaban J connectivity index is 1.18. The summed E-state index contributed by atoms with van der Waals surface area (Å²) in [6.07, 6.45) is 4.31. The van der Waals surface area contributed by atoms with Crippen molar-refractivity contribution in [2.75, 3.05) is 11.9 Å². The van der Waals surface area contributed by atoms with E-state index in [1.54, 1.807) is 13.0 Å². The molecule has 220 valence electrons. The number of benzene rings is 3. The average molecular weight is 585 g/mol. The summed E-state index contributed by atoms with van der Waals surface area (Å²) in [7, 11) is 1.40. The molecule has 7 nitrogen and oxygen atoms in total. The van der Waals surface area contributed by atoms with Crippen LogP contribution in [0.4, 0.5) is 5.69 Å². The number of imide groups is 2. The summed E-state index contributed by atoms with van der Waals surface area (Å²) in [4.78, 5) is 68.0. The highest BCUT2D eigenvalue weighted by Gasteiger charge is 2.54. The number of Topliss-reactive ketones (excluding diaryl/α,β-unsaturated/α-hetero) is 1. The molecule has 0 radical (unpaired) electrons. The van der Waals surface area contributed by atoms with Crippen molar-refractivity contribution in [3.8, 4) is 0 Å². The van der Waals surface area contributed by atoms with Gasteiger partial charge in [-0.1, -0.05) is 69.3 Å². The minimum atomic E-state index is -1.09. The van der Waals surface area contributed by atoms with E-state index in [1.807, 2.05) is 24.3 Å². The maximum atomic E-state index is 13.8. The second-order valence-corrected chi connectivity index (χ2v) is 13.4. The van der Waals surface area contributed by atoms with Crippen LogP contribution in [0.25, 0.3) is 0 Å². The number of hydrogen-bond donors (Lipinski definition) is 0. The van der Waals surface area contributed by atoms with Crippen molar-refractivity contribution >= 4 is 35.1 Å². The smallest absolute Gasteiger partial charge is 0.262 e. The summed E-state index contributed by atoms with van der Waals surface area (Å²) < 4.78 is 0. The number of carbonyl (C=O) groups is 5. The van der Waals surface area contributed by atoms with Gasteiger partial charge in [0.05, 0.1) is 22.2 Å². The highest BCUT2D eigenvalue weighted by molar-refractivity contribution is 6.32. The Labute approximate surface area is 255 Å². The van der Waals surface area contributed by atoms with Crippen molar-refractivity contribution < 1.29 is 24.0 Å². The third kappa shape index (κ3) is 3.65. The van der Waals surface area contributed by atoms with E-state index in [1.165, 1.54) is 47.3 Å². The van der Waals surface area contributed by atoms with Crippen LogP contribution in [0, 0.1) is 5.41 Å².